The van der Waals surface area contributed by atoms with E-state index in [1.807, 2.05) is 43.0 Å². The quantitative estimate of drug-likeness (QED) is 0.909. The zero-order chi connectivity index (χ0) is 19.0. The van der Waals surface area contributed by atoms with Gasteiger partial charge in [0.25, 0.3) is 11.8 Å². The van der Waals surface area contributed by atoms with Gasteiger partial charge in [0, 0.05) is 29.9 Å². The molecule has 4 rings (SSSR count). The number of hydrogen-bond donors (Lipinski definition) is 1. The molecule has 2 aromatic rings. The SMILES string of the molecule is Cc1cccc(C(=O)N2C3CCC2CC(NC(=O)c2cnc(C)cn2)C3)c1. The van der Waals surface area contributed by atoms with Crippen molar-refractivity contribution < 1.29 is 9.59 Å². The molecule has 6 heteroatoms. The monoisotopic (exact) mass is 364 g/mol. The largest absolute Gasteiger partial charge is 0.348 e. The van der Waals surface area contributed by atoms with Gasteiger partial charge in [0.1, 0.15) is 5.69 Å². The molecular formula is C21H24N4O2. The Hall–Kier alpha value is -2.76. The van der Waals surface area contributed by atoms with Gasteiger partial charge >= 0.3 is 0 Å². The van der Waals surface area contributed by atoms with E-state index in [1.165, 1.54) is 6.20 Å². The van der Waals surface area contributed by atoms with Crippen LogP contribution in [0, 0.1) is 13.8 Å². The number of rotatable bonds is 3. The maximum Gasteiger partial charge on any atom is 0.271 e. The van der Waals surface area contributed by atoms with E-state index in [9.17, 15) is 9.59 Å². The summed E-state index contributed by atoms with van der Waals surface area (Å²) in [6.07, 6.45) is 6.69. The average molecular weight is 364 g/mol. The summed E-state index contributed by atoms with van der Waals surface area (Å²) in [6, 6.07) is 8.21. The molecule has 2 amide bonds. The van der Waals surface area contributed by atoms with Crippen molar-refractivity contribution in [1.82, 2.24) is 20.2 Å². The van der Waals surface area contributed by atoms with Gasteiger partial charge in [0.15, 0.2) is 0 Å². The Morgan fingerprint density at radius 3 is 2.44 bits per heavy atom. The molecule has 1 N–H and O–H groups in total. The molecule has 2 fully saturated rings. The number of piperidine rings is 1. The third kappa shape index (κ3) is 3.56. The highest BCUT2D eigenvalue weighted by atomic mass is 16.2. The van der Waals surface area contributed by atoms with Gasteiger partial charge < -0.3 is 10.2 Å². The zero-order valence-corrected chi connectivity index (χ0v) is 15.7. The van der Waals surface area contributed by atoms with Crippen molar-refractivity contribution in [2.45, 2.75) is 57.7 Å². The minimum Gasteiger partial charge on any atom is -0.348 e. The van der Waals surface area contributed by atoms with Gasteiger partial charge in [-0.25, -0.2) is 4.98 Å². The van der Waals surface area contributed by atoms with Crippen LogP contribution in [0.3, 0.4) is 0 Å². The van der Waals surface area contributed by atoms with Gasteiger partial charge in [-0.3, -0.25) is 14.6 Å². The molecule has 0 saturated carbocycles. The molecule has 1 aromatic carbocycles. The van der Waals surface area contributed by atoms with Crippen molar-refractivity contribution in [2.24, 2.45) is 0 Å². The van der Waals surface area contributed by atoms with E-state index in [4.69, 9.17) is 0 Å². The maximum absolute atomic E-state index is 13.0. The van der Waals surface area contributed by atoms with Crippen LogP contribution in [0.25, 0.3) is 0 Å². The first-order chi connectivity index (χ1) is 13.0. The number of benzene rings is 1. The Morgan fingerprint density at radius 2 is 1.81 bits per heavy atom. The van der Waals surface area contributed by atoms with Crippen molar-refractivity contribution >= 4 is 11.8 Å². The van der Waals surface area contributed by atoms with Crippen LogP contribution in [-0.2, 0) is 0 Å². The van der Waals surface area contributed by atoms with Crippen molar-refractivity contribution in [2.75, 3.05) is 0 Å². The fourth-order valence-corrected chi connectivity index (χ4v) is 4.32. The summed E-state index contributed by atoms with van der Waals surface area (Å²) in [4.78, 5) is 35.8. The number of carbonyl (C=O) groups is 2. The standard InChI is InChI=1S/C21H24N4O2/c1-13-4-3-5-15(8-13)21(27)25-17-6-7-18(25)10-16(9-17)24-20(26)19-12-22-14(2)11-23-19/h3-5,8,11-12,16-18H,6-7,9-10H2,1-2H3,(H,24,26). The van der Waals surface area contributed by atoms with Gasteiger partial charge in [-0.05, 0) is 51.7 Å². The first-order valence-corrected chi connectivity index (χ1v) is 9.50. The number of nitrogens with zero attached hydrogens (tertiary/aromatic N) is 3. The Morgan fingerprint density at radius 1 is 1.07 bits per heavy atom. The van der Waals surface area contributed by atoms with E-state index in [2.05, 4.69) is 15.3 Å². The van der Waals surface area contributed by atoms with E-state index in [0.29, 0.717) is 5.69 Å². The number of nitrogens with one attached hydrogen (secondary N) is 1. The topological polar surface area (TPSA) is 75.2 Å². The summed E-state index contributed by atoms with van der Waals surface area (Å²) >= 11 is 0. The Labute approximate surface area is 159 Å². The second-order valence-corrected chi connectivity index (χ2v) is 7.65. The highest BCUT2D eigenvalue weighted by molar-refractivity contribution is 5.95. The molecule has 1 aromatic heterocycles. The predicted octanol–water partition coefficient (Wildman–Crippen LogP) is 2.66. The molecule has 0 aliphatic carbocycles. The zero-order valence-electron chi connectivity index (χ0n) is 15.7. The molecule has 140 valence electrons. The summed E-state index contributed by atoms with van der Waals surface area (Å²) in [5, 5.41) is 3.08. The van der Waals surface area contributed by atoms with Gasteiger partial charge in [0.2, 0.25) is 0 Å². The minimum atomic E-state index is -0.189. The Kier molecular flexibility index (Phi) is 4.64. The predicted molar refractivity (Wildman–Crippen MR) is 101 cm³/mol. The maximum atomic E-state index is 13.0. The van der Waals surface area contributed by atoms with Crippen LogP contribution in [0.1, 0.15) is 57.8 Å². The second-order valence-electron chi connectivity index (χ2n) is 7.65. The number of aryl methyl sites for hydroxylation is 2. The van der Waals surface area contributed by atoms with E-state index >= 15 is 0 Å². The molecule has 2 aliphatic rings. The summed E-state index contributed by atoms with van der Waals surface area (Å²) in [5.41, 5.74) is 2.97. The number of amides is 2. The van der Waals surface area contributed by atoms with Crippen LogP contribution in [0.2, 0.25) is 0 Å². The van der Waals surface area contributed by atoms with Crippen LogP contribution < -0.4 is 5.32 Å². The molecule has 3 heterocycles. The Bertz CT molecular complexity index is 851. The highest BCUT2D eigenvalue weighted by Crippen LogP contribution is 2.37. The molecule has 6 nitrogen and oxygen atoms in total. The first kappa shape index (κ1) is 17.6. The molecule has 0 radical (unpaired) electrons. The van der Waals surface area contributed by atoms with Crippen LogP contribution in [-0.4, -0.2) is 44.8 Å². The lowest BCUT2D eigenvalue weighted by Gasteiger charge is -2.39. The molecule has 2 aliphatic heterocycles. The third-order valence-corrected chi connectivity index (χ3v) is 5.58. The van der Waals surface area contributed by atoms with E-state index < -0.39 is 0 Å². The van der Waals surface area contributed by atoms with Crippen molar-refractivity contribution in [3.8, 4) is 0 Å². The van der Waals surface area contributed by atoms with Gasteiger partial charge in [0.05, 0.1) is 11.9 Å². The lowest BCUT2D eigenvalue weighted by molar-refractivity contribution is 0.0549. The van der Waals surface area contributed by atoms with Crippen molar-refractivity contribution in [3.05, 3.63) is 59.2 Å². The minimum absolute atomic E-state index is 0.0691. The summed E-state index contributed by atoms with van der Waals surface area (Å²) < 4.78 is 0. The lowest BCUT2D eigenvalue weighted by Crippen LogP contribution is -2.52. The smallest absolute Gasteiger partial charge is 0.271 e. The molecule has 27 heavy (non-hydrogen) atoms. The number of aromatic nitrogens is 2. The molecule has 0 spiro atoms. The number of carbonyl (C=O) groups excluding carboxylic acids is 2. The van der Waals surface area contributed by atoms with Gasteiger partial charge in [-0.2, -0.15) is 0 Å². The third-order valence-electron chi connectivity index (χ3n) is 5.58. The normalized spacial score (nSPS) is 23.9. The second kappa shape index (κ2) is 7.10. The fraction of sp³-hybridized carbons (Fsp3) is 0.429. The van der Waals surface area contributed by atoms with Crippen LogP contribution in [0.4, 0.5) is 0 Å². The first-order valence-electron chi connectivity index (χ1n) is 9.50. The van der Waals surface area contributed by atoms with Crippen LogP contribution in [0.5, 0.6) is 0 Å². The molecule has 2 unspecified atom stereocenters. The Balaban J connectivity index is 1.43. The summed E-state index contributed by atoms with van der Waals surface area (Å²) in [7, 11) is 0. The van der Waals surface area contributed by atoms with E-state index in [0.717, 1.165) is 42.5 Å². The summed E-state index contributed by atoms with van der Waals surface area (Å²) in [6.45, 7) is 3.84. The summed E-state index contributed by atoms with van der Waals surface area (Å²) in [5.74, 6) is -0.0780. The van der Waals surface area contributed by atoms with Crippen molar-refractivity contribution in [3.63, 3.8) is 0 Å². The van der Waals surface area contributed by atoms with Crippen molar-refractivity contribution in [1.29, 1.82) is 0 Å². The van der Waals surface area contributed by atoms with E-state index in [-0.39, 0.29) is 29.9 Å². The molecule has 2 bridgehead atoms. The number of fused-ring (bicyclic) bond motifs is 2. The molecular weight excluding hydrogens is 340 g/mol. The van der Waals surface area contributed by atoms with E-state index in [1.54, 1.807) is 6.20 Å². The highest BCUT2D eigenvalue weighted by Gasteiger charge is 2.43. The van der Waals surface area contributed by atoms with Crippen LogP contribution in [0.15, 0.2) is 36.7 Å². The molecule has 2 atom stereocenters. The lowest BCUT2D eigenvalue weighted by atomic mass is 9.96. The molecule has 2 saturated heterocycles. The van der Waals surface area contributed by atoms with Crippen LogP contribution >= 0.6 is 0 Å². The average Bonchev–Trinajstić information content (AvgIpc) is 2.92. The fourth-order valence-electron chi connectivity index (χ4n) is 4.32. The number of hydrogen-bond acceptors (Lipinski definition) is 4. The van der Waals surface area contributed by atoms with Gasteiger partial charge in [-0.1, -0.05) is 17.7 Å². The van der Waals surface area contributed by atoms with Gasteiger partial charge in [-0.15, -0.1) is 0 Å².